The van der Waals surface area contributed by atoms with Crippen molar-refractivity contribution in [3.63, 3.8) is 0 Å². The van der Waals surface area contributed by atoms with Crippen molar-refractivity contribution in [3.05, 3.63) is 29.8 Å². The molecule has 0 fully saturated rings. The van der Waals surface area contributed by atoms with E-state index in [1.54, 1.807) is 30.5 Å². The van der Waals surface area contributed by atoms with E-state index in [0.29, 0.717) is 4.90 Å². The van der Waals surface area contributed by atoms with Crippen LogP contribution < -0.4 is 4.13 Å². The van der Waals surface area contributed by atoms with Crippen LogP contribution in [-0.4, -0.2) is 14.7 Å². The second kappa shape index (κ2) is 4.13. The molecule has 0 atom stereocenters. The summed E-state index contributed by atoms with van der Waals surface area (Å²) in [7, 11) is -3.31. The fourth-order valence-corrected chi connectivity index (χ4v) is 2.63. The summed E-state index contributed by atoms with van der Waals surface area (Å²) in [4.78, 5) is 0.299. The Morgan fingerprint density at radius 3 is 2.23 bits per heavy atom. The van der Waals surface area contributed by atoms with Gasteiger partial charge in [-0.25, -0.2) is 8.42 Å². The second-order valence-electron chi connectivity index (χ2n) is 2.60. The molecule has 0 aliphatic carbocycles. The zero-order valence-electron chi connectivity index (χ0n) is 7.44. The summed E-state index contributed by atoms with van der Waals surface area (Å²) < 4.78 is 25.2. The molecule has 1 N–H and O–H groups in total. The fourth-order valence-electron chi connectivity index (χ4n) is 0.875. The molecule has 0 heterocycles. The van der Waals surface area contributed by atoms with Crippen molar-refractivity contribution in [2.24, 2.45) is 0 Å². The van der Waals surface area contributed by atoms with Crippen LogP contribution in [0.2, 0.25) is 0 Å². The van der Waals surface area contributed by atoms with Gasteiger partial charge in [0.25, 0.3) is 0 Å². The normalized spacial score (nSPS) is 11.5. The Labute approximate surface area is 82.7 Å². The Morgan fingerprint density at radius 1 is 1.23 bits per heavy atom. The zero-order chi connectivity index (χ0) is 9.90. The van der Waals surface area contributed by atoms with Crippen LogP contribution in [0.25, 0.3) is 0 Å². The first kappa shape index (κ1) is 10.6. The van der Waals surface area contributed by atoms with E-state index in [1.165, 1.54) is 0 Å². The van der Waals surface area contributed by atoms with Gasteiger partial charge in [-0.05, 0) is 25.3 Å². The summed E-state index contributed by atoms with van der Waals surface area (Å²) in [6.45, 7) is 1.92. The quantitative estimate of drug-likeness (QED) is 0.781. The van der Waals surface area contributed by atoms with E-state index in [0.717, 1.165) is 17.5 Å². The Balaban J connectivity index is 3.02. The van der Waals surface area contributed by atoms with E-state index in [4.69, 9.17) is 0 Å². The molecule has 0 bridgehead atoms. The van der Waals surface area contributed by atoms with E-state index < -0.39 is 10.0 Å². The number of hydrogen-bond donors (Lipinski definition) is 1. The summed E-state index contributed by atoms with van der Waals surface area (Å²) in [5.74, 6) is 0. The summed E-state index contributed by atoms with van der Waals surface area (Å²) in [6.07, 6.45) is 1.67. The highest BCUT2D eigenvalue weighted by Crippen LogP contribution is 2.11. The first-order chi connectivity index (χ1) is 6.06. The molecule has 3 nitrogen and oxygen atoms in total. The van der Waals surface area contributed by atoms with E-state index in [-0.39, 0.29) is 0 Å². The summed E-state index contributed by atoms with van der Waals surface area (Å²) >= 11 is 1.07. The highest BCUT2D eigenvalue weighted by Gasteiger charge is 2.11. The molecule has 0 saturated heterocycles. The predicted molar refractivity (Wildman–Crippen MR) is 55.0 cm³/mol. The average molecular weight is 217 g/mol. The molecule has 0 radical (unpaired) electrons. The van der Waals surface area contributed by atoms with E-state index in [1.807, 2.05) is 6.92 Å². The van der Waals surface area contributed by atoms with E-state index in [2.05, 4.69) is 4.13 Å². The fraction of sp³-hybridized carbons (Fsp3) is 0.250. The lowest BCUT2D eigenvalue weighted by molar-refractivity contribution is 0.594. The van der Waals surface area contributed by atoms with Crippen LogP contribution >= 0.6 is 11.9 Å². The largest absolute Gasteiger partial charge is 0.249 e. The van der Waals surface area contributed by atoms with Crippen LogP contribution in [0.3, 0.4) is 0 Å². The summed E-state index contributed by atoms with van der Waals surface area (Å²) in [5, 5.41) is 0. The molecule has 0 unspecified atom stereocenters. The maximum absolute atomic E-state index is 11.4. The Hall–Kier alpha value is -0.520. The molecule has 72 valence electrons. The Morgan fingerprint density at radius 2 is 1.77 bits per heavy atom. The van der Waals surface area contributed by atoms with Gasteiger partial charge in [0.1, 0.15) is 0 Å². The summed E-state index contributed by atoms with van der Waals surface area (Å²) in [5.41, 5.74) is 1.04. The van der Waals surface area contributed by atoms with Gasteiger partial charge in [0.15, 0.2) is 0 Å². The average Bonchev–Trinajstić information content (AvgIpc) is 2.05. The second-order valence-corrected chi connectivity index (χ2v) is 5.16. The van der Waals surface area contributed by atoms with E-state index in [9.17, 15) is 8.42 Å². The van der Waals surface area contributed by atoms with Crippen molar-refractivity contribution in [1.82, 2.24) is 4.13 Å². The molecule has 0 saturated carbocycles. The van der Waals surface area contributed by atoms with Crippen LogP contribution in [0, 0.1) is 6.92 Å². The minimum absolute atomic E-state index is 0.299. The molecule has 0 amide bonds. The van der Waals surface area contributed by atoms with Gasteiger partial charge in [-0.2, -0.15) is 4.13 Å². The third-order valence-corrected chi connectivity index (χ3v) is 3.96. The van der Waals surface area contributed by atoms with Gasteiger partial charge in [-0.15, -0.1) is 0 Å². The first-order valence-electron chi connectivity index (χ1n) is 3.68. The summed E-state index contributed by atoms with van der Waals surface area (Å²) in [6, 6.07) is 6.73. The van der Waals surface area contributed by atoms with Gasteiger partial charge in [-0.1, -0.05) is 29.6 Å². The van der Waals surface area contributed by atoms with Crippen LogP contribution in [0.5, 0.6) is 0 Å². The smallest absolute Gasteiger partial charge is 0.206 e. The van der Waals surface area contributed by atoms with Gasteiger partial charge in [0, 0.05) is 0 Å². The third-order valence-electron chi connectivity index (χ3n) is 1.52. The van der Waals surface area contributed by atoms with Crippen molar-refractivity contribution in [2.75, 3.05) is 6.26 Å². The van der Waals surface area contributed by atoms with Gasteiger partial charge < -0.3 is 0 Å². The lowest BCUT2D eigenvalue weighted by Crippen LogP contribution is -2.15. The molecule has 1 rings (SSSR count). The molecule has 1 aromatic carbocycles. The molecule has 0 aromatic heterocycles. The highest BCUT2D eigenvalue weighted by atomic mass is 32.3. The van der Waals surface area contributed by atoms with Crippen LogP contribution in [-0.2, 0) is 10.0 Å². The number of benzene rings is 1. The Bertz CT molecular complexity index is 370. The molecule has 0 spiro atoms. The van der Waals surface area contributed by atoms with Crippen molar-refractivity contribution in [3.8, 4) is 0 Å². The molecule has 5 heteroatoms. The van der Waals surface area contributed by atoms with Crippen molar-refractivity contribution >= 4 is 22.0 Å². The predicted octanol–water partition coefficient (Wildman–Crippen LogP) is 1.55. The molecular formula is C8H11NO2S2. The minimum atomic E-state index is -3.31. The molecule has 1 aromatic rings. The molecule has 13 heavy (non-hydrogen) atoms. The molecule has 0 aliphatic rings. The standard InChI is InChI=1S/C8H11NO2S2/c1-7-3-5-8(6-4-7)13(10,11)9-12-2/h3-6,9H,1-2H3. The van der Waals surface area contributed by atoms with Gasteiger partial charge in [0.05, 0.1) is 4.90 Å². The SMILES string of the molecule is CSNS(=O)(=O)c1ccc(C)cc1. The number of nitrogens with one attached hydrogen (secondary N) is 1. The monoisotopic (exact) mass is 217 g/mol. The third kappa shape index (κ3) is 2.72. The van der Waals surface area contributed by atoms with Crippen LogP contribution in [0.15, 0.2) is 29.2 Å². The van der Waals surface area contributed by atoms with Crippen LogP contribution in [0.1, 0.15) is 5.56 Å². The van der Waals surface area contributed by atoms with E-state index >= 15 is 0 Å². The zero-order valence-corrected chi connectivity index (χ0v) is 9.08. The lowest BCUT2D eigenvalue weighted by atomic mass is 10.2. The van der Waals surface area contributed by atoms with Gasteiger partial charge >= 0.3 is 0 Å². The van der Waals surface area contributed by atoms with Crippen molar-refractivity contribution < 1.29 is 8.42 Å². The molecule has 0 aliphatic heterocycles. The van der Waals surface area contributed by atoms with Crippen molar-refractivity contribution in [1.29, 1.82) is 0 Å². The first-order valence-corrected chi connectivity index (χ1v) is 6.38. The number of sulfonamides is 1. The number of aryl methyl sites for hydroxylation is 1. The topological polar surface area (TPSA) is 46.2 Å². The number of rotatable bonds is 3. The van der Waals surface area contributed by atoms with Crippen molar-refractivity contribution in [2.45, 2.75) is 11.8 Å². The number of hydrogen-bond acceptors (Lipinski definition) is 3. The van der Waals surface area contributed by atoms with Crippen LogP contribution in [0.4, 0.5) is 0 Å². The Kier molecular flexibility index (Phi) is 3.35. The minimum Gasteiger partial charge on any atom is -0.206 e. The maximum Gasteiger partial charge on any atom is 0.249 e. The lowest BCUT2D eigenvalue weighted by Gasteiger charge is -2.03. The van der Waals surface area contributed by atoms with Gasteiger partial charge in [-0.3, -0.25) is 0 Å². The molecular weight excluding hydrogens is 206 g/mol. The maximum atomic E-state index is 11.4. The highest BCUT2D eigenvalue weighted by molar-refractivity contribution is 8.08. The van der Waals surface area contributed by atoms with Gasteiger partial charge in [0.2, 0.25) is 10.0 Å².